The van der Waals surface area contributed by atoms with Gasteiger partial charge < -0.3 is 110 Å². The molecule has 0 saturated carbocycles. The Morgan fingerprint density at radius 3 is 1.14 bits per heavy atom. The molecule has 25 heteroatoms. The molecule has 3 aliphatic heterocycles. The van der Waals surface area contributed by atoms with Gasteiger partial charge >= 0.3 is 23.1 Å². The number of carbonyl (C=O) groups is 1. The van der Waals surface area contributed by atoms with Gasteiger partial charge in [-0.1, -0.05) is 240 Å². The number of carbonyl (C=O) groups excluding carboxylic acids is 1. The van der Waals surface area contributed by atoms with Crippen molar-refractivity contribution in [1.29, 1.82) is 0 Å². The fourth-order valence-corrected chi connectivity index (χ4v) is 10.3. The van der Waals surface area contributed by atoms with Crippen molar-refractivity contribution >= 4 is 67.1 Å². The fourth-order valence-electron chi connectivity index (χ4n) is 9.90. The van der Waals surface area contributed by atoms with E-state index < -0.39 is 6.10 Å². The van der Waals surface area contributed by atoms with E-state index in [-0.39, 0.29) is 103 Å². The average Bonchev–Trinajstić information content (AvgIpc) is 1.70. The van der Waals surface area contributed by atoms with Crippen molar-refractivity contribution in [2.75, 3.05) is 111 Å². The molecular formula is C100H145BrClMgN2O19P. The Balaban J connectivity index is -0.000000325. The number of terminal acetylenes is 2. The summed E-state index contributed by atoms with van der Waals surface area (Å²) < 4.78 is 81.9. The predicted octanol–water partition coefficient (Wildman–Crippen LogP) is 15.9. The van der Waals surface area contributed by atoms with E-state index in [0.29, 0.717) is 150 Å². The summed E-state index contributed by atoms with van der Waals surface area (Å²) >= 11 is 3.27. The van der Waals surface area contributed by atoms with Gasteiger partial charge in [-0.3, -0.25) is 6.58 Å². The first-order chi connectivity index (χ1) is 59.4. The standard InChI is InChI=1S/C18H28O4.C14H17NO3.C14H19NO3.C14H18O3.C12H16O2.C10H12O2.C6H13BrO2.C4H6.C3H4.C2H3.C2H2.CH4.ClH.Mg.H3P/c1-4-10-17(22-15-18(20-5-2)21-6-3)14-19-13-16-11-8-7-9-12-16;1-2-4-11(5-3-1)7-16-9-13-6-12-8-18-15-14(12)10-17-13;1-2-6-14(18-10-9-15-16)12-17-11-13-7-4-3-5-8-13;1-2-6-14(17-10-9-15)12-16-11-13-7-4-3-5-8-13;1-2-6-12(13)10-14-9-11-7-4-3-5-8-11;1-2-4-9(5-3-1)6-11-7-10-8-12-10;1-3-8-6(5-7)9-4-2;1-3-4-2;1-3-2;2*1-2;;;;/h4,7-9,11-12,17-18H,1,5-6,10,13-15H2,2-3H3;1-5,12-13H,6-10H2;2-5,7-9,14,16H,1,6,10-12H2;2-5,7-9,14H,1,6,10-12H2;2-5,7-8,12-13H,1,6,9-10H2;1-5,10H,6-8H2;6H,3-5H2,1-2H3;1-2H3;1H,2H3;1H,2H2;1-2H;1H4;1H;;1H3/q;;;;;;;;;-1;;;;+2;/p-1/t17-;12-,13+;2*14-;12-;10-;;;;;;;;;/m101110........./s1. The summed E-state index contributed by atoms with van der Waals surface area (Å²) in [6.07, 6.45) is 24.9. The largest absolute Gasteiger partial charge is 2.00 e. The summed E-state index contributed by atoms with van der Waals surface area (Å²) in [5, 5.41) is 25.2. The normalized spacial score (nSPS) is 13.8. The topological polar surface area (TPSA) is 233 Å². The molecule has 9 rings (SSSR count). The summed E-state index contributed by atoms with van der Waals surface area (Å²) in [7, 11) is 0. The van der Waals surface area contributed by atoms with Gasteiger partial charge in [0.2, 0.25) is 0 Å². The van der Waals surface area contributed by atoms with Crippen LogP contribution >= 0.6 is 25.8 Å². The number of epoxide rings is 1. The smallest absolute Gasteiger partial charge is 1.00 e. The van der Waals surface area contributed by atoms with Gasteiger partial charge in [-0.05, 0) is 114 Å². The summed E-state index contributed by atoms with van der Waals surface area (Å²) in [5.41, 5.74) is 8.00. The molecule has 3 aliphatic rings. The monoisotopic (exact) mass is 1850 g/mol. The van der Waals surface area contributed by atoms with Crippen molar-refractivity contribution in [2.24, 2.45) is 16.2 Å². The van der Waals surface area contributed by atoms with Gasteiger partial charge in [0.15, 0.2) is 12.6 Å². The molecule has 0 amide bonds. The molecule has 0 radical (unpaired) electrons. The second-order valence-corrected chi connectivity index (χ2v) is 26.1. The molecule has 690 valence electrons. The first kappa shape index (κ1) is 128. The first-order valence-electron chi connectivity index (χ1n) is 40.5. The van der Waals surface area contributed by atoms with Gasteiger partial charge in [0.05, 0.1) is 153 Å². The van der Waals surface area contributed by atoms with E-state index in [1.54, 1.807) is 25.2 Å². The number of ether oxygens (including phenoxy) is 15. The van der Waals surface area contributed by atoms with Gasteiger partial charge in [-0.25, -0.2) is 0 Å². The summed E-state index contributed by atoms with van der Waals surface area (Å²) in [6.45, 7) is 47.1. The SMILES string of the molecule is C.C#C.C#CC.C=CC[C@@H](O)COCc1ccccc1.C=CC[C@H](COCc1ccccc1)OCC(OCC)OCC.C=CC[C@H](COCc1ccccc1)OCC=NO.C=CC[C@H](COCc1ccccc1)OCC=O.CC#CC.CCOC(CBr)OCC.P.[CH-]=C.[Cl-].[Mg+2].c1ccc(COC[C@H]2CO2)cc1.c1ccc(COC[C@H]2C[C@H]3CON=C3CO2)cc1. The molecule has 21 nitrogen and oxygen atoms in total. The molecule has 1 unspecified atom stereocenters. The molecule has 6 aromatic carbocycles. The number of aliphatic hydroxyl groups excluding tert-OH is 1. The van der Waals surface area contributed by atoms with Crippen LogP contribution in [0.4, 0.5) is 0 Å². The molecular weight excluding hydrogens is 1700 g/mol. The third-order valence-corrected chi connectivity index (χ3v) is 16.2. The summed E-state index contributed by atoms with van der Waals surface area (Å²) in [6, 6.07) is 60.3. The second kappa shape index (κ2) is 98.8. The average molecular weight is 1850 g/mol. The number of fused-ring (bicyclic) bond motifs is 1. The number of halogens is 2. The van der Waals surface area contributed by atoms with Crippen molar-refractivity contribution in [3.8, 4) is 37.0 Å². The van der Waals surface area contributed by atoms with Gasteiger partial charge in [0, 0.05) is 32.3 Å². The van der Waals surface area contributed by atoms with Crippen LogP contribution in [-0.4, -0.2) is 212 Å². The second-order valence-electron chi connectivity index (χ2n) is 25.4. The number of rotatable bonds is 50. The molecule has 3 heterocycles. The minimum absolute atomic E-state index is 0. The van der Waals surface area contributed by atoms with E-state index in [9.17, 15) is 9.90 Å². The Labute approximate surface area is 785 Å². The van der Waals surface area contributed by atoms with Crippen LogP contribution in [0.1, 0.15) is 121 Å². The maximum atomic E-state index is 10.2. The zero-order valence-corrected chi connectivity index (χ0v) is 79.7. The minimum atomic E-state index is -0.434. The Bertz CT molecular complexity index is 3500. The van der Waals surface area contributed by atoms with E-state index in [1.165, 1.54) is 17.3 Å². The van der Waals surface area contributed by atoms with E-state index >= 15 is 0 Å². The molecule has 0 spiro atoms. The number of benzene rings is 6. The van der Waals surface area contributed by atoms with Gasteiger partial charge in [0.1, 0.15) is 25.6 Å². The number of aldehydes is 1. The van der Waals surface area contributed by atoms with Gasteiger partial charge in [-0.2, -0.15) is 9.90 Å². The maximum absolute atomic E-state index is 10.2. The fraction of sp³-hybridized carbons (Fsp3) is 0.450. The van der Waals surface area contributed by atoms with Gasteiger partial charge in [-0.15, -0.1) is 63.3 Å². The number of alkyl halides is 1. The van der Waals surface area contributed by atoms with E-state index in [2.05, 4.69) is 127 Å². The van der Waals surface area contributed by atoms with Crippen LogP contribution in [0.5, 0.6) is 0 Å². The number of oxime groups is 2. The zero-order chi connectivity index (χ0) is 89.3. The summed E-state index contributed by atoms with van der Waals surface area (Å²) in [4.78, 5) is 15.3. The molecule has 6 aromatic rings. The molecule has 0 aromatic heterocycles. The molecule has 125 heavy (non-hydrogen) atoms. The van der Waals surface area contributed by atoms with Crippen LogP contribution in [0.2, 0.25) is 0 Å². The number of hydrogen-bond donors (Lipinski definition) is 2. The Kier molecular flexibility index (Phi) is 102. The molecule has 2 N–H and O–H groups in total. The Hall–Kier alpha value is -7.36. The van der Waals surface area contributed by atoms with Crippen molar-refractivity contribution in [3.05, 3.63) is 279 Å². The van der Waals surface area contributed by atoms with Crippen LogP contribution < -0.4 is 12.4 Å². The van der Waals surface area contributed by atoms with Crippen LogP contribution in [0.15, 0.2) is 250 Å². The van der Waals surface area contributed by atoms with Crippen LogP contribution in [0.25, 0.3) is 0 Å². The van der Waals surface area contributed by atoms with Crippen molar-refractivity contribution in [2.45, 2.75) is 177 Å². The third kappa shape index (κ3) is 78.6. The number of nitrogens with zero attached hydrogens (tertiary/aromatic N) is 2. The van der Waals surface area contributed by atoms with Crippen LogP contribution in [0.3, 0.4) is 0 Å². The van der Waals surface area contributed by atoms with E-state index in [4.69, 9.17) is 81.1 Å². The van der Waals surface area contributed by atoms with Crippen molar-refractivity contribution in [3.63, 3.8) is 0 Å². The van der Waals surface area contributed by atoms with Crippen LogP contribution in [0, 0.1) is 49.5 Å². The summed E-state index contributed by atoms with van der Waals surface area (Å²) in [5.74, 6) is 8.05. The number of aliphatic hydroxyl groups is 1. The van der Waals surface area contributed by atoms with E-state index in [1.807, 2.05) is 205 Å². The number of hydrogen-bond acceptors (Lipinski definition) is 21. The van der Waals surface area contributed by atoms with E-state index in [0.717, 1.165) is 65.6 Å². The first-order valence-corrected chi connectivity index (χ1v) is 41.7. The molecule has 2 fully saturated rings. The predicted molar refractivity (Wildman–Crippen MR) is 513 cm³/mol. The molecule has 0 bridgehead atoms. The van der Waals surface area contributed by atoms with Crippen LogP contribution in [-0.2, 0) is 120 Å². The Morgan fingerprint density at radius 1 is 0.504 bits per heavy atom. The van der Waals surface area contributed by atoms with Crippen molar-refractivity contribution < 1.29 is 103 Å². The zero-order valence-electron chi connectivity index (χ0n) is 74.5. The quantitative estimate of drug-likeness (QED) is 0.00294. The maximum Gasteiger partial charge on any atom is 2.00 e. The molecule has 2 saturated heterocycles. The molecule has 8 atom stereocenters. The minimum Gasteiger partial charge on any atom is -1.00 e. The molecule has 0 aliphatic carbocycles. The Morgan fingerprint density at radius 2 is 0.824 bits per heavy atom. The third-order valence-electron chi connectivity index (χ3n) is 15.7. The van der Waals surface area contributed by atoms with Gasteiger partial charge in [0.25, 0.3) is 0 Å². The van der Waals surface area contributed by atoms with Crippen molar-refractivity contribution in [1.82, 2.24) is 0 Å².